The normalized spacial score (nSPS) is 10.9. The van der Waals surface area contributed by atoms with Crippen LogP contribution in [0, 0.1) is 0 Å². The maximum atomic E-state index is 13.0. The first-order valence-corrected chi connectivity index (χ1v) is 9.87. The van der Waals surface area contributed by atoms with Gasteiger partial charge in [0.1, 0.15) is 11.4 Å². The van der Waals surface area contributed by atoms with E-state index in [0.29, 0.717) is 15.9 Å². The minimum Gasteiger partial charge on any atom is -0.324 e. The summed E-state index contributed by atoms with van der Waals surface area (Å²) in [6, 6.07) is 17.0. The van der Waals surface area contributed by atoms with Crippen molar-refractivity contribution in [2.45, 2.75) is 6.54 Å². The van der Waals surface area contributed by atoms with Crippen molar-refractivity contribution < 1.29 is 4.79 Å². The fraction of sp³-hybridized carbons (Fsp3) is 0.0500. The number of rotatable bonds is 4. The average molecular weight is 440 g/mol. The van der Waals surface area contributed by atoms with Crippen molar-refractivity contribution in [3.05, 3.63) is 81.1 Å². The molecule has 0 aliphatic heterocycles. The third-order valence-corrected chi connectivity index (χ3v) is 5.69. The van der Waals surface area contributed by atoms with E-state index in [4.69, 9.17) is 0 Å². The Morgan fingerprint density at radius 2 is 1.85 bits per heavy atom. The molecule has 2 aromatic heterocycles. The Bertz CT molecular complexity index is 1180. The van der Waals surface area contributed by atoms with Gasteiger partial charge in [0.05, 0.1) is 17.4 Å². The van der Waals surface area contributed by atoms with Crippen LogP contribution in [0.5, 0.6) is 0 Å². The fourth-order valence-electron chi connectivity index (χ4n) is 2.82. The number of nitrogens with one attached hydrogen (secondary N) is 1. The van der Waals surface area contributed by atoms with Gasteiger partial charge in [0, 0.05) is 15.4 Å². The lowest BCUT2D eigenvalue weighted by atomic mass is 10.1. The molecule has 0 aliphatic carbocycles. The van der Waals surface area contributed by atoms with E-state index in [1.807, 2.05) is 53.9 Å². The molecule has 0 atom stereocenters. The molecule has 2 aromatic carbocycles. The zero-order chi connectivity index (χ0) is 18.8. The average Bonchev–Trinajstić information content (AvgIpc) is 3.11. The highest BCUT2D eigenvalue weighted by atomic mass is 79.9. The van der Waals surface area contributed by atoms with Gasteiger partial charge in [-0.2, -0.15) is 0 Å². The van der Waals surface area contributed by atoms with Gasteiger partial charge in [-0.3, -0.25) is 14.2 Å². The van der Waals surface area contributed by atoms with Crippen LogP contribution in [-0.2, 0) is 11.3 Å². The van der Waals surface area contributed by atoms with Gasteiger partial charge in [0.15, 0.2) is 0 Å². The largest absolute Gasteiger partial charge is 0.324 e. The predicted octanol–water partition coefficient (Wildman–Crippen LogP) is 4.53. The summed E-state index contributed by atoms with van der Waals surface area (Å²) in [6.07, 6.45) is 1.43. The molecule has 1 N–H and O–H groups in total. The van der Waals surface area contributed by atoms with E-state index in [1.165, 1.54) is 22.2 Å². The quantitative estimate of drug-likeness (QED) is 0.508. The highest BCUT2D eigenvalue weighted by Crippen LogP contribution is 2.30. The molecule has 0 saturated carbocycles. The number of carbonyl (C=O) groups is 1. The number of hydrogen-bond donors (Lipinski definition) is 1. The molecule has 0 bridgehead atoms. The van der Waals surface area contributed by atoms with Crippen LogP contribution in [0.1, 0.15) is 0 Å². The molecule has 2 heterocycles. The smallest absolute Gasteiger partial charge is 0.263 e. The Morgan fingerprint density at radius 3 is 2.63 bits per heavy atom. The summed E-state index contributed by atoms with van der Waals surface area (Å²) in [5, 5.41) is 5.28. The van der Waals surface area contributed by atoms with Crippen LogP contribution in [0.25, 0.3) is 21.3 Å². The lowest BCUT2D eigenvalue weighted by molar-refractivity contribution is -0.116. The summed E-state index contributed by atoms with van der Waals surface area (Å²) < 4.78 is 2.12. The van der Waals surface area contributed by atoms with Crippen molar-refractivity contribution in [3.8, 4) is 11.1 Å². The Kier molecular flexibility index (Phi) is 4.87. The van der Waals surface area contributed by atoms with E-state index in [9.17, 15) is 9.59 Å². The maximum Gasteiger partial charge on any atom is 0.263 e. The summed E-state index contributed by atoms with van der Waals surface area (Å²) in [5.41, 5.74) is 2.24. The molecule has 0 fully saturated rings. The zero-order valence-corrected chi connectivity index (χ0v) is 16.5. The molecular weight excluding hydrogens is 426 g/mol. The standard InChI is InChI=1S/C20H14BrN3O2S/c21-15-8-4-5-9-16(15)23-17(25)10-24-12-22-19-18(20(24)26)14(11-27-19)13-6-2-1-3-7-13/h1-9,11-12H,10H2,(H,23,25). The third-order valence-electron chi connectivity index (χ3n) is 4.11. The number of fused-ring (bicyclic) bond motifs is 1. The van der Waals surface area contributed by atoms with Crippen LogP contribution in [0.4, 0.5) is 5.69 Å². The second kappa shape index (κ2) is 7.46. The van der Waals surface area contributed by atoms with Crippen LogP contribution in [-0.4, -0.2) is 15.5 Å². The fourth-order valence-corrected chi connectivity index (χ4v) is 4.11. The number of amides is 1. The monoisotopic (exact) mass is 439 g/mol. The molecule has 0 aliphatic rings. The zero-order valence-electron chi connectivity index (χ0n) is 14.1. The molecule has 4 rings (SSSR count). The van der Waals surface area contributed by atoms with Crippen molar-refractivity contribution in [2.75, 3.05) is 5.32 Å². The lowest BCUT2D eigenvalue weighted by Gasteiger charge is -2.09. The van der Waals surface area contributed by atoms with Gasteiger partial charge in [-0.15, -0.1) is 11.3 Å². The second-order valence-corrected chi connectivity index (χ2v) is 7.61. The minimum absolute atomic E-state index is 0.104. The van der Waals surface area contributed by atoms with Crippen molar-refractivity contribution in [1.29, 1.82) is 0 Å². The van der Waals surface area contributed by atoms with E-state index < -0.39 is 0 Å². The number of carbonyl (C=O) groups excluding carboxylic acids is 1. The SMILES string of the molecule is O=C(Cn1cnc2scc(-c3ccccc3)c2c1=O)Nc1ccccc1Br. The Labute approximate surface area is 167 Å². The lowest BCUT2D eigenvalue weighted by Crippen LogP contribution is -2.27. The van der Waals surface area contributed by atoms with Crippen molar-refractivity contribution >= 4 is 49.1 Å². The van der Waals surface area contributed by atoms with Crippen molar-refractivity contribution in [3.63, 3.8) is 0 Å². The van der Waals surface area contributed by atoms with Crippen LogP contribution in [0.2, 0.25) is 0 Å². The van der Waals surface area contributed by atoms with Crippen molar-refractivity contribution in [2.24, 2.45) is 0 Å². The first-order valence-electron chi connectivity index (χ1n) is 8.20. The van der Waals surface area contributed by atoms with Gasteiger partial charge < -0.3 is 5.32 Å². The summed E-state index contributed by atoms with van der Waals surface area (Å²) >= 11 is 4.82. The Hall–Kier alpha value is -2.77. The van der Waals surface area contributed by atoms with Crippen LogP contribution in [0.3, 0.4) is 0 Å². The maximum absolute atomic E-state index is 13.0. The molecule has 5 nitrogen and oxygen atoms in total. The number of para-hydroxylation sites is 1. The van der Waals surface area contributed by atoms with Gasteiger partial charge >= 0.3 is 0 Å². The molecular formula is C20H14BrN3O2S. The molecule has 0 unspecified atom stereocenters. The summed E-state index contributed by atoms with van der Waals surface area (Å²) in [6.45, 7) is -0.104. The molecule has 4 aromatic rings. The van der Waals surface area contributed by atoms with Gasteiger partial charge in [-0.1, -0.05) is 42.5 Å². The predicted molar refractivity (Wildman–Crippen MR) is 112 cm³/mol. The van der Waals surface area contributed by atoms with E-state index in [0.717, 1.165) is 15.6 Å². The Morgan fingerprint density at radius 1 is 1.11 bits per heavy atom. The second-order valence-electron chi connectivity index (χ2n) is 5.90. The summed E-state index contributed by atoms with van der Waals surface area (Å²) in [7, 11) is 0. The van der Waals surface area contributed by atoms with Gasteiger partial charge in [-0.25, -0.2) is 4.98 Å². The number of hydrogen-bond acceptors (Lipinski definition) is 4. The minimum atomic E-state index is -0.290. The van der Waals surface area contributed by atoms with Gasteiger partial charge in [0.25, 0.3) is 5.56 Å². The summed E-state index contributed by atoms with van der Waals surface area (Å²) in [4.78, 5) is 30.4. The number of benzene rings is 2. The van der Waals surface area contributed by atoms with Gasteiger partial charge in [-0.05, 0) is 33.6 Å². The molecule has 0 spiro atoms. The first kappa shape index (κ1) is 17.6. The third kappa shape index (κ3) is 3.56. The van der Waals surface area contributed by atoms with Crippen LogP contribution in [0.15, 0.2) is 75.6 Å². The molecule has 27 heavy (non-hydrogen) atoms. The molecule has 1 amide bonds. The molecule has 7 heteroatoms. The van der Waals surface area contributed by atoms with E-state index in [1.54, 1.807) is 6.07 Å². The molecule has 134 valence electrons. The van der Waals surface area contributed by atoms with Crippen LogP contribution < -0.4 is 10.9 Å². The first-order chi connectivity index (χ1) is 13.1. The number of halogens is 1. The number of anilines is 1. The molecule has 0 saturated heterocycles. The van der Waals surface area contributed by atoms with E-state index in [-0.39, 0.29) is 18.0 Å². The van der Waals surface area contributed by atoms with E-state index >= 15 is 0 Å². The highest BCUT2D eigenvalue weighted by molar-refractivity contribution is 9.10. The molecule has 0 radical (unpaired) electrons. The van der Waals surface area contributed by atoms with Crippen LogP contribution >= 0.6 is 27.3 Å². The Balaban J connectivity index is 1.67. The van der Waals surface area contributed by atoms with E-state index in [2.05, 4.69) is 26.2 Å². The van der Waals surface area contributed by atoms with Crippen molar-refractivity contribution in [1.82, 2.24) is 9.55 Å². The summed E-state index contributed by atoms with van der Waals surface area (Å²) in [5.74, 6) is -0.290. The number of thiophene rings is 1. The van der Waals surface area contributed by atoms with Gasteiger partial charge in [0.2, 0.25) is 5.91 Å². The topological polar surface area (TPSA) is 64.0 Å². The highest BCUT2D eigenvalue weighted by Gasteiger charge is 2.15. The number of aromatic nitrogens is 2. The number of nitrogens with zero attached hydrogens (tertiary/aromatic N) is 2.